The second-order valence-corrected chi connectivity index (χ2v) is 5.63. The van der Waals surface area contributed by atoms with Gasteiger partial charge in [-0.1, -0.05) is 11.6 Å². The Morgan fingerprint density at radius 2 is 2.15 bits per heavy atom. The molecule has 0 aliphatic heterocycles. The van der Waals surface area contributed by atoms with Crippen LogP contribution in [0.2, 0.25) is 4.34 Å². The molecule has 0 amide bonds. The topological polar surface area (TPSA) is 56.5 Å². The van der Waals surface area contributed by atoms with Crippen LogP contribution in [0, 0.1) is 6.92 Å². The highest BCUT2D eigenvalue weighted by Crippen LogP contribution is 2.21. The number of hydrogen-bond donors (Lipinski definition) is 0. The molecule has 2 rings (SSSR count). The van der Waals surface area contributed by atoms with Crippen LogP contribution in [0.25, 0.3) is 6.08 Å². The van der Waals surface area contributed by atoms with Crippen molar-refractivity contribution in [3.8, 4) is 0 Å². The molecule has 6 heteroatoms. The standard InChI is InChI=1S/C14H11ClO4S/c1-9-2-3-10(19-9)4-7-14(17)18-8-11(16)12-5-6-13(15)20-12/h2-7H,8H2,1H3/b7-4+. The van der Waals surface area contributed by atoms with E-state index in [1.165, 1.54) is 12.2 Å². The molecule has 0 fully saturated rings. The Hall–Kier alpha value is -1.85. The van der Waals surface area contributed by atoms with Crippen LogP contribution in [0.3, 0.4) is 0 Å². The van der Waals surface area contributed by atoms with Crippen LogP contribution in [-0.2, 0) is 9.53 Å². The third kappa shape index (κ3) is 4.08. The highest BCUT2D eigenvalue weighted by molar-refractivity contribution is 7.18. The predicted molar refractivity (Wildman–Crippen MR) is 77.1 cm³/mol. The number of ketones is 1. The number of hydrogen-bond acceptors (Lipinski definition) is 5. The van der Waals surface area contributed by atoms with Crippen LogP contribution >= 0.6 is 22.9 Å². The molecular weight excluding hydrogens is 300 g/mol. The lowest BCUT2D eigenvalue weighted by Crippen LogP contribution is -2.11. The average Bonchev–Trinajstić information content (AvgIpc) is 3.02. The number of ether oxygens (including phenoxy) is 1. The van der Waals surface area contributed by atoms with Gasteiger partial charge < -0.3 is 9.15 Å². The number of rotatable bonds is 5. The van der Waals surface area contributed by atoms with Gasteiger partial charge in [0.05, 0.1) is 9.21 Å². The molecule has 0 aliphatic carbocycles. The quantitative estimate of drug-likeness (QED) is 0.479. The molecule has 104 valence electrons. The van der Waals surface area contributed by atoms with Crippen LogP contribution in [0.5, 0.6) is 0 Å². The molecule has 0 radical (unpaired) electrons. The molecule has 20 heavy (non-hydrogen) atoms. The first kappa shape index (κ1) is 14.6. The van der Waals surface area contributed by atoms with Crippen LogP contribution in [0.1, 0.15) is 21.2 Å². The molecule has 0 saturated heterocycles. The fourth-order valence-electron chi connectivity index (χ4n) is 1.41. The van der Waals surface area contributed by atoms with E-state index in [1.807, 2.05) is 0 Å². The molecule has 0 bridgehead atoms. The summed E-state index contributed by atoms with van der Waals surface area (Å²) >= 11 is 6.88. The number of aryl methyl sites for hydroxylation is 1. The smallest absolute Gasteiger partial charge is 0.331 e. The first-order chi connectivity index (χ1) is 9.54. The summed E-state index contributed by atoms with van der Waals surface area (Å²) in [5.41, 5.74) is 0. The highest BCUT2D eigenvalue weighted by atomic mass is 35.5. The Morgan fingerprint density at radius 1 is 1.35 bits per heavy atom. The van der Waals surface area contributed by atoms with Crippen molar-refractivity contribution < 1.29 is 18.7 Å². The van der Waals surface area contributed by atoms with Gasteiger partial charge in [0.2, 0.25) is 5.78 Å². The summed E-state index contributed by atoms with van der Waals surface area (Å²) in [7, 11) is 0. The molecular formula is C14H11ClO4S. The number of Topliss-reactive ketones (excluding diaryl/α,β-unsaturated/α-hetero) is 1. The van der Waals surface area contributed by atoms with E-state index in [1.54, 1.807) is 31.2 Å². The Kier molecular flexibility index (Phi) is 4.76. The summed E-state index contributed by atoms with van der Waals surface area (Å²) in [6.07, 6.45) is 2.70. The third-order valence-corrected chi connectivity index (χ3v) is 3.61. The van der Waals surface area contributed by atoms with E-state index in [-0.39, 0.29) is 12.4 Å². The van der Waals surface area contributed by atoms with Crippen LogP contribution in [0.4, 0.5) is 0 Å². The number of halogens is 1. The summed E-state index contributed by atoms with van der Waals surface area (Å²) < 4.78 is 10.6. The van der Waals surface area contributed by atoms with Crippen molar-refractivity contribution in [2.45, 2.75) is 6.92 Å². The summed E-state index contributed by atoms with van der Waals surface area (Å²) in [4.78, 5) is 23.6. The lowest BCUT2D eigenvalue weighted by Gasteiger charge is -1.98. The Labute approximate surface area is 124 Å². The van der Waals surface area contributed by atoms with Crippen molar-refractivity contribution in [3.05, 3.63) is 51.1 Å². The first-order valence-electron chi connectivity index (χ1n) is 5.74. The van der Waals surface area contributed by atoms with Gasteiger partial charge in [-0.15, -0.1) is 11.3 Å². The predicted octanol–water partition coefficient (Wildman–Crippen LogP) is 3.74. The summed E-state index contributed by atoms with van der Waals surface area (Å²) in [5, 5.41) is 0. The highest BCUT2D eigenvalue weighted by Gasteiger charge is 2.10. The van der Waals surface area contributed by atoms with Gasteiger partial charge in [-0.25, -0.2) is 4.79 Å². The molecule has 2 aromatic rings. The molecule has 2 aromatic heterocycles. The fourth-order valence-corrected chi connectivity index (χ4v) is 2.38. The second-order valence-electron chi connectivity index (χ2n) is 3.92. The van der Waals surface area contributed by atoms with Crippen LogP contribution in [0.15, 0.2) is 34.8 Å². The Bertz CT molecular complexity index is 654. The number of carbonyl (C=O) groups is 2. The SMILES string of the molecule is Cc1ccc(/C=C/C(=O)OCC(=O)c2ccc(Cl)s2)o1. The number of carbonyl (C=O) groups excluding carboxylic acids is 2. The zero-order valence-corrected chi connectivity index (χ0v) is 12.2. The Morgan fingerprint density at radius 3 is 2.75 bits per heavy atom. The zero-order chi connectivity index (χ0) is 14.5. The van der Waals surface area contributed by atoms with Gasteiger partial charge in [0.1, 0.15) is 11.5 Å². The van der Waals surface area contributed by atoms with Crippen molar-refractivity contribution in [2.24, 2.45) is 0 Å². The van der Waals surface area contributed by atoms with E-state index in [2.05, 4.69) is 0 Å². The van der Waals surface area contributed by atoms with Gasteiger partial charge in [-0.2, -0.15) is 0 Å². The molecule has 0 atom stereocenters. The number of furan rings is 1. The van der Waals surface area contributed by atoms with Crippen LogP contribution in [-0.4, -0.2) is 18.4 Å². The van der Waals surface area contributed by atoms with E-state index in [0.29, 0.717) is 15.0 Å². The minimum atomic E-state index is -0.602. The molecule has 2 heterocycles. The average molecular weight is 311 g/mol. The zero-order valence-electron chi connectivity index (χ0n) is 10.6. The van der Waals surface area contributed by atoms with Gasteiger partial charge >= 0.3 is 5.97 Å². The second kappa shape index (κ2) is 6.54. The normalized spacial score (nSPS) is 10.9. The summed E-state index contributed by atoms with van der Waals surface area (Å²) in [6.45, 7) is 1.50. The molecule has 0 N–H and O–H groups in total. The molecule has 0 saturated carbocycles. The lowest BCUT2D eigenvalue weighted by molar-refractivity contribution is -0.136. The maximum Gasteiger partial charge on any atom is 0.331 e. The summed E-state index contributed by atoms with van der Waals surface area (Å²) in [5.74, 6) is 0.422. The van der Waals surface area contributed by atoms with Crippen molar-refractivity contribution in [1.29, 1.82) is 0 Å². The van der Waals surface area contributed by atoms with Crippen molar-refractivity contribution in [1.82, 2.24) is 0 Å². The van der Waals surface area contributed by atoms with E-state index >= 15 is 0 Å². The molecule has 0 aliphatic rings. The van der Waals surface area contributed by atoms with Gasteiger partial charge in [0.25, 0.3) is 0 Å². The third-order valence-electron chi connectivity index (χ3n) is 2.34. The molecule has 0 aromatic carbocycles. The van der Waals surface area contributed by atoms with Crippen molar-refractivity contribution in [3.63, 3.8) is 0 Å². The van der Waals surface area contributed by atoms with Crippen molar-refractivity contribution in [2.75, 3.05) is 6.61 Å². The van der Waals surface area contributed by atoms with E-state index < -0.39 is 5.97 Å². The maximum atomic E-state index is 11.7. The number of thiophene rings is 1. The molecule has 0 unspecified atom stereocenters. The van der Waals surface area contributed by atoms with E-state index in [4.69, 9.17) is 20.8 Å². The largest absolute Gasteiger partial charge is 0.462 e. The van der Waals surface area contributed by atoms with Gasteiger partial charge in [0.15, 0.2) is 6.61 Å². The van der Waals surface area contributed by atoms with Gasteiger partial charge in [-0.05, 0) is 37.3 Å². The van der Waals surface area contributed by atoms with Gasteiger partial charge in [-0.3, -0.25) is 4.79 Å². The first-order valence-corrected chi connectivity index (χ1v) is 6.94. The van der Waals surface area contributed by atoms with Gasteiger partial charge in [0, 0.05) is 6.08 Å². The molecule has 4 nitrogen and oxygen atoms in total. The summed E-state index contributed by atoms with van der Waals surface area (Å²) in [6, 6.07) is 6.75. The Balaban J connectivity index is 1.83. The molecule has 0 spiro atoms. The maximum absolute atomic E-state index is 11.7. The van der Waals surface area contributed by atoms with Crippen molar-refractivity contribution >= 4 is 40.8 Å². The monoisotopic (exact) mass is 310 g/mol. The lowest BCUT2D eigenvalue weighted by atomic mass is 10.3. The fraction of sp³-hybridized carbons (Fsp3) is 0.143. The van der Waals surface area contributed by atoms with E-state index in [0.717, 1.165) is 17.1 Å². The minimum Gasteiger partial charge on any atom is -0.462 e. The number of esters is 1. The van der Waals surface area contributed by atoms with E-state index in [9.17, 15) is 9.59 Å². The minimum absolute atomic E-state index is 0.280. The van der Waals surface area contributed by atoms with Crippen LogP contribution < -0.4 is 0 Å².